The molecule has 0 N–H and O–H groups in total. The number of likely N-dealkylation sites (tertiary alicyclic amines) is 1. The van der Waals surface area contributed by atoms with E-state index in [2.05, 4.69) is 10.5 Å². The van der Waals surface area contributed by atoms with E-state index >= 15 is 0 Å². The van der Waals surface area contributed by atoms with Crippen molar-refractivity contribution in [2.75, 3.05) is 13.1 Å². The van der Waals surface area contributed by atoms with Crippen LogP contribution < -0.4 is 0 Å². The van der Waals surface area contributed by atoms with Gasteiger partial charge in [0.2, 0.25) is 0 Å². The van der Waals surface area contributed by atoms with Crippen molar-refractivity contribution >= 4 is 23.2 Å². The predicted octanol–water partition coefficient (Wildman–Crippen LogP) is 3.73. The smallest absolute Gasteiger partial charge is 0.410 e. The molecule has 0 bridgehead atoms. The molecule has 0 aromatic heterocycles. The first-order valence-corrected chi connectivity index (χ1v) is 10.1. The van der Waals surface area contributed by atoms with Crippen LogP contribution in [0.4, 0.5) is 4.79 Å². The van der Waals surface area contributed by atoms with E-state index in [9.17, 15) is 9.35 Å². The van der Waals surface area contributed by atoms with Gasteiger partial charge in [-0.3, -0.25) is 0 Å². The number of rotatable bonds is 1. The Labute approximate surface area is 159 Å². The van der Waals surface area contributed by atoms with Crippen LogP contribution in [0.2, 0.25) is 0 Å². The number of fused-ring (bicyclic) bond motifs is 1. The number of ether oxygens (including phenoxy) is 1. The molecule has 1 unspecified atom stereocenters. The molecule has 0 radical (unpaired) electrons. The third-order valence-corrected chi connectivity index (χ3v) is 6.04. The van der Waals surface area contributed by atoms with Crippen molar-refractivity contribution in [2.45, 2.75) is 58.3 Å². The summed E-state index contributed by atoms with van der Waals surface area (Å²) in [4.78, 5) is 14.1. The van der Waals surface area contributed by atoms with Crippen molar-refractivity contribution in [1.29, 1.82) is 0 Å². The Morgan fingerprint density at radius 3 is 2.38 bits per heavy atom. The molecule has 5 nitrogen and oxygen atoms in total. The van der Waals surface area contributed by atoms with Crippen molar-refractivity contribution < 1.29 is 14.1 Å². The molecular weight excluding hydrogens is 348 g/mol. The van der Waals surface area contributed by atoms with Gasteiger partial charge in [0.15, 0.2) is 0 Å². The summed E-state index contributed by atoms with van der Waals surface area (Å²) in [7, 11) is 0. The highest BCUT2D eigenvalue weighted by Crippen LogP contribution is 2.45. The Bertz CT molecular complexity index is 740. The Morgan fingerprint density at radius 2 is 1.81 bits per heavy atom. The second-order valence-electron chi connectivity index (χ2n) is 9.25. The summed E-state index contributed by atoms with van der Waals surface area (Å²) in [5.41, 5.74) is 2.39. The highest BCUT2D eigenvalue weighted by atomic mass is 32.2. The minimum absolute atomic E-state index is 0.249. The number of hydrogen-bond donors (Lipinski definition) is 0. The van der Waals surface area contributed by atoms with Gasteiger partial charge in [-0.05, 0) is 53.5 Å². The number of amides is 1. The maximum atomic E-state index is 12.7. The fourth-order valence-corrected chi connectivity index (χ4v) is 4.14. The van der Waals surface area contributed by atoms with E-state index in [1.807, 2.05) is 59.7 Å². The number of benzene rings is 1. The lowest BCUT2D eigenvalue weighted by Crippen LogP contribution is -2.62. The molecule has 26 heavy (non-hydrogen) atoms. The summed E-state index contributed by atoms with van der Waals surface area (Å²) in [6, 6.07) is 8.13. The van der Waals surface area contributed by atoms with E-state index in [1.165, 1.54) is 5.56 Å². The number of hydrogen-bond acceptors (Lipinski definition) is 4. The highest BCUT2D eigenvalue weighted by molar-refractivity contribution is 7.91. The minimum atomic E-state index is -1.33. The first kappa shape index (κ1) is 19.2. The molecule has 2 aliphatic rings. The fraction of sp³-hybridized carbons (Fsp3) is 0.600. The van der Waals surface area contributed by atoms with E-state index in [0.29, 0.717) is 13.1 Å². The SMILES string of the molecule is CC(C)(C)OC(=O)N1CC2(Cc3ccccc3C2=N[S+]([O-])C(C)(C)C)C1. The van der Waals surface area contributed by atoms with Gasteiger partial charge in [0.25, 0.3) is 0 Å². The lowest BCUT2D eigenvalue weighted by atomic mass is 9.76. The van der Waals surface area contributed by atoms with E-state index in [1.54, 1.807) is 4.90 Å². The molecule has 1 fully saturated rings. The van der Waals surface area contributed by atoms with Gasteiger partial charge in [-0.15, -0.1) is 0 Å². The fourth-order valence-electron chi connectivity index (χ4n) is 3.41. The standard InChI is InChI=1S/C20H28N2O3S/c1-18(2,3)25-17(23)22-12-20(13-22)11-14-9-7-8-10-15(14)16(20)21-26(24)19(4,5)6/h7-10H,11-13H2,1-6H3. The van der Waals surface area contributed by atoms with Gasteiger partial charge in [0, 0.05) is 18.7 Å². The summed E-state index contributed by atoms with van der Waals surface area (Å²) >= 11 is -1.33. The van der Waals surface area contributed by atoms with Crippen LogP contribution in [0.1, 0.15) is 52.7 Å². The van der Waals surface area contributed by atoms with Gasteiger partial charge in [-0.1, -0.05) is 28.7 Å². The lowest BCUT2D eigenvalue weighted by molar-refractivity contribution is -0.0117. The molecule has 1 heterocycles. The topological polar surface area (TPSA) is 65.0 Å². The minimum Gasteiger partial charge on any atom is -0.591 e. The predicted molar refractivity (Wildman–Crippen MR) is 105 cm³/mol. The van der Waals surface area contributed by atoms with Crippen molar-refractivity contribution in [3.8, 4) is 0 Å². The molecule has 3 rings (SSSR count). The van der Waals surface area contributed by atoms with Gasteiger partial charge in [-0.25, -0.2) is 4.79 Å². The average Bonchev–Trinajstić information content (AvgIpc) is 2.77. The number of carbonyl (C=O) groups is 1. The molecular formula is C20H28N2O3S. The zero-order chi connectivity index (χ0) is 19.3. The van der Waals surface area contributed by atoms with Crippen LogP contribution >= 0.6 is 0 Å². The van der Waals surface area contributed by atoms with Crippen LogP contribution in [-0.2, 0) is 22.5 Å². The summed E-state index contributed by atoms with van der Waals surface area (Å²) < 4.78 is 22.4. The van der Waals surface area contributed by atoms with Gasteiger partial charge in [0.05, 0.1) is 5.41 Å². The lowest BCUT2D eigenvalue weighted by Gasteiger charge is -2.47. The van der Waals surface area contributed by atoms with Crippen molar-refractivity contribution in [1.82, 2.24) is 4.90 Å². The molecule has 0 saturated carbocycles. The quantitative estimate of drug-likeness (QED) is 0.702. The first-order valence-electron chi connectivity index (χ1n) is 8.99. The van der Waals surface area contributed by atoms with Crippen LogP contribution in [-0.4, -0.2) is 44.7 Å². The van der Waals surface area contributed by atoms with Crippen molar-refractivity contribution in [3.63, 3.8) is 0 Å². The van der Waals surface area contributed by atoms with Crippen LogP contribution in [0.3, 0.4) is 0 Å². The highest BCUT2D eigenvalue weighted by Gasteiger charge is 2.55. The van der Waals surface area contributed by atoms with Crippen LogP contribution in [0.5, 0.6) is 0 Å². The molecule has 1 aromatic carbocycles. The van der Waals surface area contributed by atoms with Crippen LogP contribution in [0, 0.1) is 5.41 Å². The first-order chi connectivity index (χ1) is 11.9. The van der Waals surface area contributed by atoms with E-state index in [0.717, 1.165) is 17.7 Å². The number of nitrogens with zero attached hydrogens (tertiary/aromatic N) is 2. The molecule has 6 heteroatoms. The van der Waals surface area contributed by atoms with Gasteiger partial charge in [0.1, 0.15) is 27.4 Å². The Kier molecular flexibility index (Phi) is 4.64. The summed E-state index contributed by atoms with van der Waals surface area (Å²) in [5, 5.41) is 0. The van der Waals surface area contributed by atoms with Gasteiger partial charge < -0.3 is 14.2 Å². The van der Waals surface area contributed by atoms with Crippen molar-refractivity contribution in [3.05, 3.63) is 35.4 Å². The third kappa shape index (κ3) is 3.62. The molecule has 1 atom stereocenters. The largest absolute Gasteiger partial charge is 0.591 e. The van der Waals surface area contributed by atoms with E-state index in [-0.39, 0.29) is 11.5 Å². The molecule has 1 amide bonds. The van der Waals surface area contributed by atoms with Crippen LogP contribution in [0.25, 0.3) is 0 Å². The Balaban J connectivity index is 1.86. The molecule has 142 valence electrons. The Morgan fingerprint density at radius 1 is 1.19 bits per heavy atom. The van der Waals surface area contributed by atoms with E-state index in [4.69, 9.17) is 4.74 Å². The molecule has 1 aromatic rings. The molecule has 1 aliphatic carbocycles. The molecule has 1 aliphatic heterocycles. The summed E-state index contributed by atoms with van der Waals surface area (Å²) in [6.45, 7) is 12.5. The summed E-state index contributed by atoms with van der Waals surface area (Å²) in [6.07, 6.45) is 0.526. The third-order valence-electron chi connectivity index (χ3n) is 4.64. The van der Waals surface area contributed by atoms with E-state index < -0.39 is 21.7 Å². The zero-order valence-electron chi connectivity index (χ0n) is 16.5. The molecule has 1 spiro atoms. The Hall–Kier alpha value is -1.53. The van der Waals surface area contributed by atoms with Crippen LogP contribution in [0.15, 0.2) is 28.7 Å². The van der Waals surface area contributed by atoms with Gasteiger partial charge in [-0.2, -0.15) is 0 Å². The second-order valence-corrected chi connectivity index (χ2v) is 11.2. The monoisotopic (exact) mass is 376 g/mol. The van der Waals surface area contributed by atoms with Gasteiger partial charge >= 0.3 is 6.09 Å². The maximum Gasteiger partial charge on any atom is 0.410 e. The molecule has 1 saturated heterocycles. The number of carbonyl (C=O) groups excluding carboxylic acids is 1. The van der Waals surface area contributed by atoms with Crippen molar-refractivity contribution in [2.24, 2.45) is 9.81 Å². The summed E-state index contributed by atoms with van der Waals surface area (Å²) in [5.74, 6) is 0. The second kappa shape index (κ2) is 6.27. The maximum absolute atomic E-state index is 12.7. The normalized spacial score (nSPS) is 21.5. The zero-order valence-corrected chi connectivity index (χ0v) is 17.3. The average molecular weight is 377 g/mol.